The van der Waals surface area contributed by atoms with Crippen molar-refractivity contribution >= 4 is 23.0 Å². The lowest BCUT2D eigenvalue weighted by atomic mass is 10.1. The van der Waals surface area contributed by atoms with Gasteiger partial charge in [-0.15, -0.1) is 0 Å². The van der Waals surface area contributed by atoms with Crippen molar-refractivity contribution in [2.24, 2.45) is 5.73 Å². The number of nitrogens with two attached hydrogens (primary N) is 1. The van der Waals surface area contributed by atoms with Crippen LogP contribution in [0.25, 0.3) is 0 Å². The molecule has 2 N–H and O–H groups in total. The zero-order valence-corrected chi connectivity index (χ0v) is 11.8. The minimum Gasteiger partial charge on any atom is -0.495 e. The van der Waals surface area contributed by atoms with Gasteiger partial charge in [-0.05, 0) is 23.8 Å². The smallest absolute Gasteiger partial charge is 0.142 e. The molecule has 4 heteroatoms. The zero-order valence-electron chi connectivity index (χ0n) is 11.1. The van der Waals surface area contributed by atoms with E-state index in [-0.39, 0.29) is 0 Å². The van der Waals surface area contributed by atoms with Crippen LogP contribution in [0.4, 0.5) is 11.4 Å². The molecule has 0 unspecified atom stereocenters. The van der Waals surface area contributed by atoms with Crippen LogP contribution >= 0.6 is 11.6 Å². The highest BCUT2D eigenvalue weighted by atomic mass is 35.5. The fourth-order valence-electron chi connectivity index (χ4n) is 2.13. The van der Waals surface area contributed by atoms with E-state index >= 15 is 0 Å². The van der Waals surface area contributed by atoms with Gasteiger partial charge in [-0.2, -0.15) is 0 Å². The Morgan fingerprint density at radius 3 is 2.58 bits per heavy atom. The lowest BCUT2D eigenvalue weighted by molar-refractivity contribution is 0.415. The standard InChI is InChI=1S/C15H17ClN2O/c1-18(13-8-3-4-9-14(13)19-2)15-11(10-17)6-5-7-12(15)16/h3-9H,10,17H2,1-2H3. The van der Waals surface area contributed by atoms with Crippen LogP contribution in [0.3, 0.4) is 0 Å². The molecular formula is C15H17ClN2O. The van der Waals surface area contributed by atoms with Crippen LogP contribution in [-0.4, -0.2) is 14.2 Å². The van der Waals surface area contributed by atoms with Gasteiger partial charge in [-0.1, -0.05) is 35.9 Å². The molecule has 2 aromatic rings. The van der Waals surface area contributed by atoms with E-state index in [9.17, 15) is 0 Å². The average Bonchev–Trinajstić information content (AvgIpc) is 2.46. The first-order chi connectivity index (χ1) is 9.19. The summed E-state index contributed by atoms with van der Waals surface area (Å²) in [5, 5.41) is 0.677. The van der Waals surface area contributed by atoms with Crippen molar-refractivity contribution in [1.29, 1.82) is 0 Å². The Kier molecular flexibility index (Phi) is 4.30. The summed E-state index contributed by atoms with van der Waals surface area (Å²) in [5.74, 6) is 0.799. The van der Waals surface area contributed by atoms with Gasteiger partial charge < -0.3 is 15.4 Å². The van der Waals surface area contributed by atoms with E-state index in [4.69, 9.17) is 22.1 Å². The molecule has 2 rings (SSSR count). The molecule has 0 aliphatic carbocycles. The number of ether oxygens (including phenoxy) is 1. The minimum atomic E-state index is 0.440. The maximum Gasteiger partial charge on any atom is 0.142 e. The van der Waals surface area contributed by atoms with E-state index in [1.54, 1.807) is 7.11 Å². The fourth-order valence-corrected chi connectivity index (χ4v) is 2.45. The third-order valence-electron chi connectivity index (χ3n) is 3.07. The maximum atomic E-state index is 6.31. The number of nitrogens with zero attached hydrogens (tertiary/aromatic N) is 1. The summed E-state index contributed by atoms with van der Waals surface area (Å²) in [5.41, 5.74) is 8.66. The Labute approximate surface area is 118 Å². The lowest BCUT2D eigenvalue weighted by Gasteiger charge is -2.25. The molecule has 0 saturated carbocycles. The Hall–Kier alpha value is -1.71. The third-order valence-corrected chi connectivity index (χ3v) is 3.38. The molecule has 100 valence electrons. The molecule has 0 fully saturated rings. The van der Waals surface area contributed by atoms with E-state index in [2.05, 4.69) is 0 Å². The summed E-state index contributed by atoms with van der Waals surface area (Å²) < 4.78 is 5.39. The SMILES string of the molecule is COc1ccccc1N(C)c1c(Cl)cccc1CN. The summed E-state index contributed by atoms with van der Waals surface area (Å²) >= 11 is 6.31. The molecule has 0 amide bonds. The van der Waals surface area contributed by atoms with Crippen molar-refractivity contribution in [2.45, 2.75) is 6.54 Å². The molecule has 0 aliphatic rings. The van der Waals surface area contributed by atoms with Gasteiger partial charge in [-0.25, -0.2) is 0 Å². The van der Waals surface area contributed by atoms with Crippen molar-refractivity contribution in [2.75, 3.05) is 19.1 Å². The third kappa shape index (κ3) is 2.67. The predicted molar refractivity (Wildman–Crippen MR) is 80.4 cm³/mol. The molecule has 0 bridgehead atoms. The van der Waals surface area contributed by atoms with E-state index in [0.717, 1.165) is 22.7 Å². The highest BCUT2D eigenvalue weighted by molar-refractivity contribution is 6.33. The Morgan fingerprint density at radius 2 is 1.89 bits per heavy atom. The number of benzene rings is 2. The molecule has 0 atom stereocenters. The van der Waals surface area contributed by atoms with Crippen LogP contribution in [-0.2, 0) is 6.54 Å². The van der Waals surface area contributed by atoms with Gasteiger partial charge in [-0.3, -0.25) is 0 Å². The largest absolute Gasteiger partial charge is 0.495 e. The minimum absolute atomic E-state index is 0.440. The quantitative estimate of drug-likeness (QED) is 0.928. The number of methoxy groups -OCH3 is 1. The van der Waals surface area contributed by atoms with Crippen LogP contribution in [0.1, 0.15) is 5.56 Å². The maximum absolute atomic E-state index is 6.31. The van der Waals surface area contributed by atoms with E-state index in [1.165, 1.54) is 0 Å². The second-order valence-electron chi connectivity index (χ2n) is 4.18. The number of hydrogen-bond donors (Lipinski definition) is 1. The second-order valence-corrected chi connectivity index (χ2v) is 4.59. The van der Waals surface area contributed by atoms with Crippen LogP contribution in [0.2, 0.25) is 5.02 Å². The van der Waals surface area contributed by atoms with Gasteiger partial charge in [0.25, 0.3) is 0 Å². The highest BCUT2D eigenvalue weighted by Gasteiger charge is 2.15. The molecule has 2 aromatic carbocycles. The highest BCUT2D eigenvalue weighted by Crippen LogP contribution is 2.37. The average molecular weight is 277 g/mol. The van der Waals surface area contributed by atoms with Crippen molar-refractivity contribution in [3.05, 3.63) is 53.1 Å². The summed E-state index contributed by atoms with van der Waals surface area (Å²) in [4.78, 5) is 2.00. The van der Waals surface area contributed by atoms with Crippen molar-refractivity contribution in [3.63, 3.8) is 0 Å². The molecule has 0 aromatic heterocycles. The zero-order chi connectivity index (χ0) is 13.8. The predicted octanol–water partition coefficient (Wildman–Crippen LogP) is 3.58. The first kappa shape index (κ1) is 13.7. The summed E-state index contributed by atoms with van der Waals surface area (Å²) in [6, 6.07) is 13.6. The molecule has 0 radical (unpaired) electrons. The monoisotopic (exact) mass is 276 g/mol. The number of rotatable bonds is 4. The van der Waals surface area contributed by atoms with Crippen molar-refractivity contribution in [3.8, 4) is 5.75 Å². The summed E-state index contributed by atoms with van der Waals surface area (Å²) in [6.45, 7) is 0.440. The lowest BCUT2D eigenvalue weighted by Crippen LogP contribution is -2.14. The normalized spacial score (nSPS) is 10.3. The van der Waals surface area contributed by atoms with Crippen molar-refractivity contribution < 1.29 is 4.74 Å². The summed E-state index contributed by atoms with van der Waals surface area (Å²) in [7, 11) is 3.61. The first-order valence-electron chi connectivity index (χ1n) is 6.03. The number of anilines is 2. The first-order valence-corrected chi connectivity index (χ1v) is 6.41. The molecule has 0 saturated heterocycles. The molecule has 0 heterocycles. The Balaban J connectivity index is 2.52. The number of halogens is 1. The van der Waals surface area contributed by atoms with Crippen LogP contribution in [0.5, 0.6) is 5.75 Å². The second kappa shape index (κ2) is 5.95. The molecular weight excluding hydrogens is 260 g/mol. The van der Waals surface area contributed by atoms with Crippen LogP contribution < -0.4 is 15.4 Å². The van der Waals surface area contributed by atoms with Gasteiger partial charge in [0, 0.05) is 13.6 Å². The van der Waals surface area contributed by atoms with Crippen molar-refractivity contribution in [1.82, 2.24) is 0 Å². The molecule has 0 spiro atoms. The van der Waals surface area contributed by atoms with Crippen LogP contribution in [0.15, 0.2) is 42.5 Å². The molecule has 3 nitrogen and oxygen atoms in total. The molecule has 0 aliphatic heterocycles. The number of hydrogen-bond acceptors (Lipinski definition) is 3. The van der Waals surface area contributed by atoms with E-state index < -0.39 is 0 Å². The number of para-hydroxylation sites is 3. The topological polar surface area (TPSA) is 38.5 Å². The fraction of sp³-hybridized carbons (Fsp3) is 0.200. The van der Waals surface area contributed by atoms with Gasteiger partial charge in [0.1, 0.15) is 5.75 Å². The molecule has 19 heavy (non-hydrogen) atoms. The van der Waals surface area contributed by atoms with Gasteiger partial charge in [0.2, 0.25) is 0 Å². The van der Waals surface area contributed by atoms with Gasteiger partial charge in [0.05, 0.1) is 23.5 Å². The van der Waals surface area contributed by atoms with Gasteiger partial charge in [0.15, 0.2) is 0 Å². The van der Waals surface area contributed by atoms with Crippen LogP contribution in [0, 0.1) is 0 Å². The van der Waals surface area contributed by atoms with E-state index in [1.807, 2.05) is 54.4 Å². The van der Waals surface area contributed by atoms with Gasteiger partial charge >= 0.3 is 0 Å². The Bertz CT molecular complexity index is 572. The van der Waals surface area contributed by atoms with E-state index in [0.29, 0.717) is 11.6 Å². The Morgan fingerprint density at radius 1 is 1.16 bits per heavy atom. The summed E-state index contributed by atoms with van der Waals surface area (Å²) in [6.07, 6.45) is 0.